The van der Waals surface area contributed by atoms with Crippen LogP contribution in [0.15, 0.2) is 0 Å². The van der Waals surface area contributed by atoms with Gasteiger partial charge in [0.2, 0.25) is 0 Å². The maximum atomic E-state index is 5.78. The molecule has 4 rings (SSSR count). The van der Waals surface area contributed by atoms with Crippen LogP contribution in [-0.2, 0) is 17.6 Å². The standard InChI is InChI=1S/C16H21N3OS/c1-2-8-17-15-13-10-5-3-7-12(10)21-16(13)19-14(18-15)11-6-4-9-20-11/h11H,2-9H2,1H3,(H,17,18,19). The Labute approximate surface area is 128 Å². The summed E-state index contributed by atoms with van der Waals surface area (Å²) in [5, 5.41) is 4.80. The van der Waals surface area contributed by atoms with Crippen molar-refractivity contribution >= 4 is 27.4 Å². The Morgan fingerprint density at radius 1 is 1.29 bits per heavy atom. The fourth-order valence-corrected chi connectivity index (χ4v) is 4.58. The van der Waals surface area contributed by atoms with Gasteiger partial charge in [0.15, 0.2) is 5.82 Å². The molecule has 0 radical (unpaired) electrons. The maximum Gasteiger partial charge on any atom is 0.161 e. The van der Waals surface area contributed by atoms with Gasteiger partial charge in [0.1, 0.15) is 16.8 Å². The molecule has 0 spiro atoms. The number of rotatable bonds is 4. The van der Waals surface area contributed by atoms with Gasteiger partial charge in [-0.15, -0.1) is 11.3 Å². The van der Waals surface area contributed by atoms with Crippen molar-refractivity contribution < 1.29 is 4.74 Å². The minimum Gasteiger partial charge on any atom is -0.370 e. The van der Waals surface area contributed by atoms with Crippen molar-refractivity contribution in [3.63, 3.8) is 0 Å². The van der Waals surface area contributed by atoms with Gasteiger partial charge in [-0.2, -0.15) is 0 Å². The Hall–Kier alpha value is -1.20. The van der Waals surface area contributed by atoms with Crippen molar-refractivity contribution in [2.24, 2.45) is 0 Å². The first-order chi connectivity index (χ1) is 10.4. The largest absolute Gasteiger partial charge is 0.370 e. The lowest BCUT2D eigenvalue weighted by atomic mass is 10.1. The van der Waals surface area contributed by atoms with Gasteiger partial charge >= 0.3 is 0 Å². The van der Waals surface area contributed by atoms with Crippen molar-refractivity contribution in [1.29, 1.82) is 0 Å². The van der Waals surface area contributed by atoms with E-state index < -0.39 is 0 Å². The van der Waals surface area contributed by atoms with Gasteiger partial charge in [0.05, 0.1) is 5.39 Å². The molecule has 2 aromatic rings. The Bertz CT molecular complexity index is 661. The molecule has 0 amide bonds. The summed E-state index contributed by atoms with van der Waals surface area (Å²) in [6.07, 6.45) is 7.02. The zero-order valence-electron chi connectivity index (χ0n) is 12.4. The van der Waals surface area contributed by atoms with Gasteiger partial charge in [-0.1, -0.05) is 6.92 Å². The number of fused-ring (bicyclic) bond motifs is 3. The van der Waals surface area contributed by atoms with Crippen molar-refractivity contribution in [3.8, 4) is 0 Å². The van der Waals surface area contributed by atoms with E-state index >= 15 is 0 Å². The van der Waals surface area contributed by atoms with E-state index in [0.29, 0.717) is 0 Å². The first-order valence-corrected chi connectivity index (χ1v) is 8.86. The van der Waals surface area contributed by atoms with E-state index in [1.165, 1.54) is 35.1 Å². The van der Waals surface area contributed by atoms with Gasteiger partial charge in [-0.3, -0.25) is 0 Å². The molecule has 1 saturated heterocycles. The Kier molecular flexibility index (Phi) is 3.55. The summed E-state index contributed by atoms with van der Waals surface area (Å²) in [5.74, 6) is 1.91. The highest BCUT2D eigenvalue weighted by molar-refractivity contribution is 7.19. The molecule has 3 heterocycles. The van der Waals surface area contributed by atoms with Crippen LogP contribution in [0.3, 0.4) is 0 Å². The molecule has 0 aromatic carbocycles. The minimum atomic E-state index is 0.0912. The Morgan fingerprint density at radius 2 is 2.24 bits per heavy atom. The summed E-state index contributed by atoms with van der Waals surface area (Å²) < 4.78 is 5.78. The third kappa shape index (κ3) is 2.32. The van der Waals surface area contributed by atoms with Gasteiger partial charge in [0, 0.05) is 18.0 Å². The van der Waals surface area contributed by atoms with E-state index in [9.17, 15) is 0 Å². The zero-order chi connectivity index (χ0) is 14.2. The van der Waals surface area contributed by atoms with Crippen LogP contribution in [0.5, 0.6) is 0 Å². The van der Waals surface area contributed by atoms with Crippen molar-refractivity contribution in [2.75, 3.05) is 18.5 Å². The molecule has 21 heavy (non-hydrogen) atoms. The topological polar surface area (TPSA) is 47.0 Å². The van der Waals surface area contributed by atoms with Gasteiger partial charge in [-0.25, -0.2) is 9.97 Å². The second-order valence-corrected chi connectivity index (χ2v) is 6.98. The fourth-order valence-electron chi connectivity index (χ4n) is 3.31. The molecule has 4 nitrogen and oxygen atoms in total. The van der Waals surface area contributed by atoms with Crippen molar-refractivity contribution in [2.45, 2.75) is 51.6 Å². The first-order valence-electron chi connectivity index (χ1n) is 8.04. The summed E-state index contributed by atoms with van der Waals surface area (Å²) in [4.78, 5) is 12.3. The average molecular weight is 303 g/mol. The van der Waals surface area contributed by atoms with Gasteiger partial charge < -0.3 is 10.1 Å². The normalized spacial score (nSPS) is 21.1. The molecule has 1 fully saturated rings. The van der Waals surface area contributed by atoms with Gasteiger partial charge in [0.25, 0.3) is 0 Å². The van der Waals surface area contributed by atoms with Crippen LogP contribution in [-0.4, -0.2) is 23.1 Å². The van der Waals surface area contributed by atoms with Crippen LogP contribution in [0, 0.1) is 0 Å². The van der Waals surface area contributed by atoms with Crippen LogP contribution in [0.25, 0.3) is 10.2 Å². The average Bonchev–Trinajstić information content (AvgIpc) is 3.19. The molecule has 1 N–H and O–H groups in total. The highest BCUT2D eigenvalue weighted by atomic mass is 32.1. The molecule has 1 aliphatic carbocycles. The molecule has 0 saturated carbocycles. The summed E-state index contributed by atoms with van der Waals surface area (Å²) in [6, 6.07) is 0. The summed E-state index contributed by atoms with van der Waals surface area (Å²) >= 11 is 1.86. The summed E-state index contributed by atoms with van der Waals surface area (Å²) in [6.45, 7) is 3.98. The molecular formula is C16H21N3OS. The van der Waals surface area contributed by atoms with E-state index in [4.69, 9.17) is 14.7 Å². The van der Waals surface area contributed by atoms with Crippen LogP contribution in [0.1, 0.15) is 55.0 Å². The van der Waals surface area contributed by atoms with E-state index in [-0.39, 0.29) is 6.10 Å². The minimum absolute atomic E-state index is 0.0912. The monoisotopic (exact) mass is 303 g/mol. The lowest BCUT2D eigenvalue weighted by molar-refractivity contribution is 0.105. The number of hydrogen-bond donors (Lipinski definition) is 1. The number of nitrogens with zero attached hydrogens (tertiary/aromatic N) is 2. The predicted octanol–water partition coefficient (Wildman–Crippen LogP) is 3.85. The second-order valence-electron chi connectivity index (χ2n) is 5.90. The van der Waals surface area contributed by atoms with Crippen LogP contribution < -0.4 is 5.32 Å². The Morgan fingerprint density at radius 3 is 3.05 bits per heavy atom. The number of aromatic nitrogens is 2. The second kappa shape index (κ2) is 5.54. The van der Waals surface area contributed by atoms with E-state index in [0.717, 1.165) is 48.9 Å². The van der Waals surface area contributed by atoms with Crippen LogP contribution >= 0.6 is 11.3 Å². The fraction of sp³-hybridized carbons (Fsp3) is 0.625. The summed E-state index contributed by atoms with van der Waals surface area (Å²) in [7, 11) is 0. The molecule has 112 valence electrons. The molecule has 1 unspecified atom stereocenters. The van der Waals surface area contributed by atoms with Crippen LogP contribution in [0.4, 0.5) is 5.82 Å². The predicted molar refractivity (Wildman–Crippen MR) is 86.1 cm³/mol. The number of thiophene rings is 1. The molecular weight excluding hydrogens is 282 g/mol. The number of hydrogen-bond acceptors (Lipinski definition) is 5. The SMILES string of the molecule is CCCNc1nc(C2CCCO2)nc2sc3c(c12)CCC3. The highest BCUT2D eigenvalue weighted by Gasteiger charge is 2.26. The lowest BCUT2D eigenvalue weighted by Crippen LogP contribution is -2.09. The number of anilines is 1. The number of nitrogens with one attached hydrogen (secondary N) is 1. The number of ether oxygens (including phenoxy) is 1. The maximum absolute atomic E-state index is 5.78. The Balaban J connectivity index is 1.82. The van der Waals surface area contributed by atoms with Crippen molar-refractivity contribution in [1.82, 2.24) is 9.97 Å². The molecule has 5 heteroatoms. The van der Waals surface area contributed by atoms with Crippen LogP contribution in [0.2, 0.25) is 0 Å². The van der Waals surface area contributed by atoms with Gasteiger partial charge in [-0.05, 0) is 44.1 Å². The lowest BCUT2D eigenvalue weighted by Gasteiger charge is -2.12. The third-order valence-electron chi connectivity index (χ3n) is 4.34. The number of aryl methyl sites for hydroxylation is 2. The quantitative estimate of drug-likeness (QED) is 0.932. The molecule has 1 aliphatic heterocycles. The first kappa shape index (κ1) is 13.5. The van der Waals surface area contributed by atoms with E-state index in [2.05, 4.69) is 12.2 Å². The van der Waals surface area contributed by atoms with Crippen molar-refractivity contribution in [3.05, 3.63) is 16.3 Å². The molecule has 2 aromatic heterocycles. The zero-order valence-corrected chi connectivity index (χ0v) is 13.3. The smallest absolute Gasteiger partial charge is 0.161 e. The van der Waals surface area contributed by atoms with E-state index in [1.807, 2.05) is 11.3 Å². The molecule has 1 atom stereocenters. The van der Waals surface area contributed by atoms with E-state index in [1.54, 1.807) is 0 Å². The summed E-state index contributed by atoms with van der Waals surface area (Å²) in [5.41, 5.74) is 1.49. The molecule has 2 aliphatic rings. The molecule has 0 bridgehead atoms. The third-order valence-corrected chi connectivity index (χ3v) is 5.53. The highest BCUT2D eigenvalue weighted by Crippen LogP contribution is 2.40.